The molecular formula is C61H41N3O. The fourth-order valence-corrected chi connectivity index (χ4v) is 9.98. The van der Waals surface area contributed by atoms with Crippen LogP contribution in [0.25, 0.3) is 93.2 Å². The summed E-state index contributed by atoms with van der Waals surface area (Å²) in [5.74, 6) is 0. The molecule has 0 radical (unpaired) electrons. The molecule has 2 atom stereocenters. The molecule has 1 N–H and O–H groups in total. The Morgan fingerprint density at radius 2 is 1.02 bits per heavy atom. The van der Waals surface area contributed by atoms with Crippen LogP contribution < -0.4 is 5.32 Å². The van der Waals surface area contributed by atoms with Crippen molar-refractivity contribution < 1.29 is 4.42 Å². The molecule has 1 aliphatic heterocycles. The first-order valence-electron chi connectivity index (χ1n) is 22.3. The van der Waals surface area contributed by atoms with Crippen LogP contribution in [0.5, 0.6) is 0 Å². The van der Waals surface area contributed by atoms with E-state index in [2.05, 4.69) is 240 Å². The first kappa shape index (κ1) is 37.3. The predicted octanol–water partition coefficient (Wildman–Crippen LogP) is 15.7. The standard InChI is InChI=1S/C61H41N3O/c1-3-12-39(13-4-1)45-27-32-56-52(36-45)53-37-46(40-14-5-2-6-15-40)28-33-57(53)64(56)58-21-11-20-51-50-29-26-48(38-59(50)65-60(51)58)55-31-30-54(47-24-22-41-16-7-9-18-43(41)34-47)62-61(63-55)49-25-23-42-17-8-10-19-44(42)35-49/h1-38,55,61,63H/t55-,61?/m0/s1. The number of hydrogen-bond donors (Lipinski definition) is 1. The van der Waals surface area contributed by atoms with E-state index in [1.54, 1.807) is 0 Å². The number of nitrogens with one attached hydrogen (secondary N) is 1. The number of furan rings is 1. The second-order valence-corrected chi connectivity index (χ2v) is 17.1. The molecule has 4 nitrogen and oxygen atoms in total. The van der Waals surface area contributed by atoms with E-state index in [4.69, 9.17) is 9.41 Å². The molecule has 0 spiro atoms. The van der Waals surface area contributed by atoms with Crippen molar-refractivity contribution >= 4 is 71.0 Å². The molecule has 0 bridgehead atoms. The van der Waals surface area contributed by atoms with E-state index >= 15 is 0 Å². The fraction of sp³-hybridized carbons (Fsp3) is 0.0328. The third kappa shape index (κ3) is 6.46. The van der Waals surface area contributed by atoms with Crippen LogP contribution >= 0.6 is 0 Å². The number of para-hydroxylation sites is 1. The molecule has 2 aromatic heterocycles. The minimum Gasteiger partial charge on any atom is -0.454 e. The minimum atomic E-state index is -0.292. The maximum absolute atomic E-state index is 7.04. The number of rotatable bonds is 6. The van der Waals surface area contributed by atoms with Gasteiger partial charge in [0, 0.05) is 27.1 Å². The van der Waals surface area contributed by atoms with Gasteiger partial charge in [-0.25, -0.2) is 0 Å². The van der Waals surface area contributed by atoms with E-state index in [0.717, 1.165) is 61.1 Å². The van der Waals surface area contributed by atoms with Gasteiger partial charge in [0.05, 0.1) is 28.5 Å². The van der Waals surface area contributed by atoms with E-state index in [0.29, 0.717) is 0 Å². The highest BCUT2D eigenvalue weighted by molar-refractivity contribution is 6.14. The number of allylic oxidation sites excluding steroid dienone is 1. The zero-order chi connectivity index (χ0) is 42.8. The largest absolute Gasteiger partial charge is 0.454 e. The van der Waals surface area contributed by atoms with Gasteiger partial charge in [-0.1, -0.05) is 176 Å². The smallest absolute Gasteiger partial charge is 0.159 e. The van der Waals surface area contributed by atoms with Gasteiger partial charge in [0.2, 0.25) is 0 Å². The van der Waals surface area contributed by atoms with Gasteiger partial charge >= 0.3 is 0 Å². The highest BCUT2D eigenvalue weighted by Gasteiger charge is 2.23. The molecule has 0 amide bonds. The molecule has 4 heteroatoms. The number of aliphatic imine (C=N–C) groups is 1. The third-order valence-electron chi connectivity index (χ3n) is 13.3. The first-order chi connectivity index (χ1) is 32.2. The third-order valence-corrected chi connectivity index (χ3v) is 13.3. The van der Waals surface area contributed by atoms with Crippen molar-refractivity contribution in [3.8, 4) is 27.9 Å². The summed E-state index contributed by atoms with van der Waals surface area (Å²) in [6.07, 6.45) is 4.13. The van der Waals surface area contributed by atoms with Gasteiger partial charge in [0.15, 0.2) is 5.58 Å². The zero-order valence-electron chi connectivity index (χ0n) is 35.4. The molecule has 0 aliphatic carbocycles. The van der Waals surface area contributed by atoms with Crippen molar-refractivity contribution in [3.05, 3.63) is 247 Å². The van der Waals surface area contributed by atoms with Crippen LogP contribution in [-0.4, -0.2) is 10.3 Å². The van der Waals surface area contributed by atoms with Crippen LogP contribution in [-0.2, 0) is 0 Å². The molecule has 0 saturated heterocycles. The Kier molecular flexibility index (Phi) is 8.71. The molecule has 1 aliphatic rings. The van der Waals surface area contributed by atoms with E-state index in [9.17, 15) is 0 Å². The summed E-state index contributed by atoms with van der Waals surface area (Å²) in [5.41, 5.74) is 14.0. The topological polar surface area (TPSA) is 42.5 Å². The summed E-state index contributed by atoms with van der Waals surface area (Å²) in [6, 6.07) is 78.3. The van der Waals surface area contributed by atoms with E-state index in [-0.39, 0.29) is 12.2 Å². The van der Waals surface area contributed by atoms with Gasteiger partial charge in [-0.05, 0) is 110 Å². The molecule has 12 aromatic rings. The summed E-state index contributed by atoms with van der Waals surface area (Å²) in [7, 11) is 0. The van der Waals surface area contributed by atoms with E-state index < -0.39 is 0 Å². The summed E-state index contributed by atoms with van der Waals surface area (Å²) < 4.78 is 9.43. The van der Waals surface area contributed by atoms with E-state index in [1.807, 2.05) is 0 Å². The average Bonchev–Trinajstić information content (AvgIpc) is 3.81. The lowest BCUT2D eigenvalue weighted by Crippen LogP contribution is -2.23. The number of nitrogens with zero attached hydrogens (tertiary/aromatic N) is 2. The van der Waals surface area contributed by atoms with Gasteiger partial charge in [0.1, 0.15) is 11.7 Å². The van der Waals surface area contributed by atoms with E-state index in [1.165, 1.54) is 54.6 Å². The molecule has 0 saturated carbocycles. The lowest BCUT2D eigenvalue weighted by Gasteiger charge is -2.21. The summed E-state index contributed by atoms with van der Waals surface area (Å²) in [5, 5.41) is 13.3. The van der Waals surface area contributed by atoms with Crippen molar-refractivity contribution in [2.45, 2.75) is 12.2 Å². The van der Waals surface area contributed by atoms with Crippen LogP contribution in [0.15, 0.2) is 240 Å². The minimum absolute atomic E-state index is 0.139. The van der Waals surface area contributed by atoms with Crippen molar-refractivity contribution in [3.63, 3.8) is 0 Å². The van der Waals surface area contributed by atoms with Crippen LogP contribution in [0.3, 0.4) is 0 Å². The van der Waals surface area contributed by atoms with Crippen LogP contribution in [0, 0.1) is 0 Å². The summed E-state index contributed by atoms with van der Waals surface area (Å²) >= 11 is 0. The lowest BCUT2D eigenvalue weighted by atomic mass is 10.0. The van der Waals surface area contributed by atoms with Crippen molar-refractivity contribution in [2.75, 3.05) is 0 Å². The number of fused-ring (bicyclic) bond motifs is 8. The molecule has 13 rings (SSSR count). The summed E-state index contributed by atoms with van der Waals surface area (Å²) in [4.78, 5) is 5.43. The molecule has 65 heavy (non-hydrogen) atoms. The Bertz CT molecular complexity index is 3780. The summed E-state index contributed by atoms with van der Waals surface area (Å²) in [6.45, 7) is 0. The maximum atomic E-state index is 7.04. The average molecular weight is 832 g/mol. The molecular weight excluding hydrogens is 791 g/mol. The normalized spacial score (nSPS) is 15.4. The Labute approximate surface area is 376 Å². The Hall–Kier alpha value is -8.31. The molecule has 306 valence electrons. The predicted molar refractivity (Wildman–Crippen MR) is 271 cm³/mol. The number of benzene rings is 10. The molecule has 10 aromatic carbocycles. The monoisotopic (exact) mass is 831 g/mol. The molecule has 3 heterocycles. The van der Waals surface area contributed by atoms with Gasteiger partial charge in [-0.15, -0.1) is 0 Å². The van der Waals surface area contributed by atoms with Crippen LogP contribution in [0.1, 0.15) is 28.9 Å². The highest BCUT2D eigenvalue weighted by atomic mass is 16.3. The highest BCUT2D eigenvalue weighted by Crippen LogP contribution is 2.41. The van der Waals surface area contributed by atoms with Gasteiger partial charge < -0.3 is 8.98 Å². The van der Waals surface area contributed by atoms with Crippen molar-refractivity contribution in [2.24, 2.45) is 4.99 Å². The quantitative estimate of drug-likeness (QED) is 0.181. The number of hydrogen-bond acceptors (Lipinski definition) is 3. The van der Waals surface area contributed by atoms with Gasteiger partial charge in [-0.3, -0.25) is 10.3 Å². The Balaban J connectivity index is 0.938. The molecule has 1 unspecified atom stereocenters. The fourth-order valence-electron chi connectivity index (χ4n) is 9.98. The van der Waals surface area contributed by atoms with Crippen LogP contribution in [0.4, 0.5) is 0 Å². The molecule has 0 fully saturated rings. The maximum Gasteiger partial charge on any atom is 0.159 e. The second-order valence-electron chi connectivity index (χ2n) is 17.1. The number of aromatic nitrogens is 1. The SMILES string of the molecule is C1=C[C@@H](c2ccc3c(c2)oc2c(-n4c5ccc(-c6ccccc6)cc5c5cc(-c6ccccc6)ccc54)cccc23)NC(c2ccc3ccccc3c2)N=C1c1ccc2ccccc2c1. The first-order valence-corrected chi connectivity index (χ1v) is 22.3. The van der Waals surface area contributed by atoms with Gasteiger partial charge in [-0.2, -0.15) is 0 Å². The van der Waals surface area contributed by atoms with Crippen molar-refractivity contribution in [1.29, 1.82) is 0 Å². The Morgan fingerprint density at radius 3 is 1.71 bits per heavy atom. The second kappa shape index (κ2) is 15.2. The van der Waals surface area contributed by atoms with Crippen LogP contribution in [0.2, 0.25) is 0 Å². The van der Waals surface area contributed by atoms with Crippen molar-refractivity contribution in [1.82, 2.24) is 9.88 Å². The van der Waals surface area contributed by atoms with Gasteiger partial charge in [0.25, 0.3) is 0 Å². The lowest BCUT2D eigenvalue weighted by molar-refractivity contribution is 0.515. The Morgan fingerprint density at radius 1 is 0.415 bits per heavy atom. The zero-order valence-corrected chi connectivity index (χ0v) is 35.4.